The van der Waals surface area contributed by atoms with Crippen LogP contribution in [0, 0.1) is 0 Å². The van der Waals surface area contributed by atoms with Crippen LogP contribution in [-0.4, -0.2) is 46.2 Å². The van der Waals surface area contributed by atoms with Crippen molar-refractivity contribution in [1.29, 1.82) is 0 Å². The minimum absolute atomic E-state index is 0.0648. The van der Waals surface area contributed by atoms with Gasteiger partial charge in [0.15, 0.2) is 0 Å². The molecule has 4 rings (SSSR count). The van der Waals surface area contributed by atoms with Crippen LogP contribution in [0.2, 0.25) is 10.0 Å². The Morgan fingerprint density at radius 3 is 2.93 bits per heavy atom. The molecule has 1 N–H and O–H groups in total. The van der Waals surface area contributed by atoms with Gasteiger partial charge in [-0.2, -0.15) is 5.10 Å². The molecule has 0 saturated carbocycles. The van der Waals surface area contributed by atoms with Crippen LogP contribution in [0.25, 0.3) is 0 Å². The minimum Gasteiger partial charge on any atom is -0.312 e. The zero-order valence-corrected chi connectivity index (χ0v) is 16.0. The number of benzene rings is 1. The number of hydrazone groups is 1. The maximum atomic E-state index is 12.4. The first-order valence-electron chi connectivity index (χ1n) is 8.68. The second-order valence-electron chi connectivity index (χ2n) is 6.52. The predicted octanol–water partition coefficient (Wildman–Crippen LogP) is 2.48. The summed E-state index contributed by atoms with van der Waals surface area (Å²) in [6, 6.07) is 5.37. The number of carbonyl (C=O) groups is 1. The smallest absolute Gasteiger partial charge is 0.239 e. The molecule has 0 spiro atoms. The van der Waals surface area contributed by atoms with E-state index in [0.29, 0.717) is 41.9 Å². The van der Waals surface area contributed by atoms with E-state index in [2.05, 4.69) is 25.3 Å². The standard InChI is InChI=1S/C18H18Cl2N6O/c19-14-2-1-13(7-15(14)20)26-6-4-17(24-26)23-18(27)10-25-5-3-16-12(9-25)8-21-11-22-16/h1-2,7-8,11H,3-6,9-10H2,(H,23,24,27). The number of rotatable bonds is 3. The van der Waals surface area contributed by atoms with E-state index in [4.69, 9.17) is 23.2 Å². The van der Waals surface area contributed by atoms with Crippen LogP contribution >= 0.6 is 23.2 Å². The molecule has 1 amide bonds. The summed E-state index contributed by atoms with van der Waals surface area (Å²) in [4.78, 5) is 22.8. The highest BCUT2D eigenvalue weighted by atomic mass is 35.5. The molecule has 27 heavy (non-hydrogen) atoms. The highest BCUT2D eigenvalue weighted by Gasteiger charge is 2.22. The largest absolute Gasteiger partial charge is 0.312 e. The highest BCUT2D eigenvalue weighted by Crippen LogP contribution is 2.28. The Kier molecular flexibility index (Phi) is 5.24. The molecule has 0 fully saturated rings. The van der Waals surface area contributed by atoms with Crippen LogP contribution in [0.15, 0.2) is 35.8 Å². The molecule has 1 aromatic heterocycles. The highest BCUT2D eigenvalue weighted by molar-refractivity contribution is 6.42. The zero-order valence-electron chi connectivity index (χ0n) is 14.5. The Morgan fingerprint density at radius 2 is 2.07 bits per heavy atom. The molecule has 2 aliphatic heterocycles. The van der Waals surface area contributed by atoms with Crippen molar-refractivity contribution in [2.45, 2.75) is 19.4 Å². The third-order valence-corrected chi connectivity index (χ3v) is 5.33. The monoisotopic (exact) mass is 404 g/mol. The van der Waals surface area contributed by atoms with Gasteiger partial charge in [-0.1, -0.05) is 23.2 Å². The summed E-state index contributed by atoms with van der Waals surface area (Å²) in [6.45, 7) is 2.49. The Bertz CT molecular complexity index is 903. The normalized spacial score (nSPS) is 16.8. The van der Waals surface area contributed by atoms with Crippen LogP contribution in [0.1, 0.15) is 17.7 Å². The molecule has 0 bridgehead atoms. The van der Waals surface area contributed by atoms with Crippen molar-refractivity contribution in [3.05, 3.63) is 52.0 Å². The summed E-state index contributed by atoms with van der Waals surface area (Å²) in [5.41, 5.74) is 3.00. The molecule has 3 heterocycles. The number of halogens is 2. The number of carbonyl (C=O) groups excluding carboxylic acids is 1. The van der Waals surface area contributed by atoms with E-state index in [0.717, 1.165) is 29.9 Å². The average molecular weight is 405 g/mol. The fourth-order valence-electron chi connectivity index (χ4n) is 3.24. The molecule has 1 aromatic carbocycles. The minimum atomic E-state index is -0.0648. The number of nitrogens with one attached hydrogen (secondary N) is 1. The van der Waals surface area contributed by atoms with Crippen molar-refractivity contribution >= 4 is 40.6 Å². The third kappa shape index (κ3) is 4.21. The first-order chi connectivity index (χ1) is 13.1. The van der Waals surface area contributed by atoms with Gasteiger partial charge in [0.1, 0.15) is 12.2 Å². The average Bonchev–Trinajstić information content (AvgIpc) is 3.12. The molecule has 0 atom stereocenters. The van der Waals surface area contributed by atoms with E-state index in [1.807, 2.05) is 17.3 Å². The Balaban J connectivity index is 1.34. The van der Waals surface area contributed by atoms with Gasteiger partial charge in [-0.25, -0.2) is 9.97 Å². The number of amidine groups is 1. The van der Waals surface area contributed by atoms with Gasteiger partial charge in [0, 0.05) is 49.9 Å². The van der Waals surface area contributed by atoms with E-state index in [9.17, 15) is 4.79 Å². The van der Waals surface area contributed by atoms with Gasteiger partial charge >= 0.3 is 0 Å². The molecule has 2 aromatic rings. The zero-order chi connectivity index (χ0) is 18.8. The Labute approximate surface area is 167 Å². The van der Waals surface area contributed by atoms with Crippen molar-refractivity contribution in [2.75, 3.05) is 24.6 Å². The van der Waals surface area contributed by atoms with Crippen LogP contribution < -0.4 is 10.3 Å². The van der Waals surface area contributed by atoms with Crippen molar-refractivity contribution in [2.24, 2.45) is 5.10 Å². The first-order valence-corrected chi connectivity index (χ1v) is 9.44. The lowest BCUT2D eigenvalue weighted by Gasteiger charge is -2.26. The van der Waals surface area contributed by atoms with E-state index in [1.165, 1.54) is 0 Å². The number of fused-ring (bicyclic) bond motifs is 1. The number of anilines is 1. The molecular weight excluding hydrogens is 387 g/mol. The quantitative estimate of drug-likeness (QED) is 0.850. The molecule has 0 radical (unpaired) electrons. The van der Waals surface area contributed by atoms with E-state index in [1.54, 1.807) is 18.5 Å². The molecule has 9 heteroatoms. The van der Waals surface area contributed by atoms with Gasteiger partial charge < -0.3 is 5.32 Å². The second-order valence-corrected chi connectivity index (χ2v) is 7.34. The lowest BCUT2D eigenvalue weighted by Crippen LogP contribution is -2.41. The topological polar surface area (TPSA) is 73.7 Å². The van der Waals surface area contributed by atoms with E-state index in [-0.39, 0.29) is 5.91 Å². The van der Waals surface area contributed by atoms with Crippen LogP contribution in [0.3, 0.4) is 0 Å². The van der Waals surface area contributed by atoms with Crippen molar-refractivity contribution < 1.29 is 4.79 Å². The molecular formula is C18H18Cl2N6O. The molecule has 7 nitrogen and oxygen atoms in total. The first kappa shape index (κ1) is 18.2. The maximum Gasteiger partial charge on any atom is 0.239 e. The van der Waals surface area contributed by atoms with Gasteiger partial charge in [0.2, 0.25) is 5.91 Å². The number of amides is 1. The Morgan fingerprint density at radius 1 is 1.19 bits per heavy atom. The van der Waals surface area contributed by atoms with Crippen molar-refractivity contribution in [1.82, 2.24) is 20.2 Å². The number of aromatic nitrogens is 2. The SMILES string of the molecule is O=C(CN1CCc2ncncc2C1)NC1=NN(c2ccc(Cl)c(Cl)c2)CC1. The van der Waals surface area contributed by atoms with Gasteiger partial charge in [0.25, 0.3) is 0 Å². The maximum absolute atomic E-state index is 12.4. The fourth-order valence-corrected chi connectivity index (χ4v) is 3.53. The van der Waals surface area contributed by atoms with Gasteiger partial charge in [-0.15, -0.1) is 0 Å². The third-order valence-electron chi connectivity index (χ3n) is 4.59. The lowest BCUT2D eigenvalue weighted by molar-refractivity contribution is -0.121. The fraction of sp³-hybridized carbons (Fsp3) is 0.333. The van der Waals surface area contributed by atoms with Crippen molar-refractivity contribution in [3.63, 3.8) is 0 Å². The molecule has 2 aliphatic rings. The van der Waals surface area contributed by atoms with Gasteiger partial charge in [0.05, 0.1) is 22.3 Å². The number of hydrogen-bond donors (Lipinski definition) is 1. The van der Waals surface area contributed by atoms with Crippen LogP contribution in [0.4, 0.5) is 5.69 Å². The predicted molar refractivity (Wildman–Crippen MR) is 105 cm³/mol. The molecule has 140 valence electrons. The number of nitrogens with zero attached hydrogens (tertiary/aromatic N) is 5. The summed E-state index contributed by atoms with van der Waals surface area (Å²) in [7, 11) is 0. The molecule has 0 unspecified atom stereocenters. The molecule has 0 aliphatic carbocycles. The van der Waals surface area contributed by atoms with Gasteiger partial charge in [-0.05, 0) is 18.2 Å². The van der Waals surface area contributed by atoms with Crippen molar-refractivity contribution in [3.8, 4) is 0 Å². The van der Waals surface area contributed by atoms with E-state index < -0.39 is 0 Å². The van der Waals surface area contributed by atoms with Crippen LogP contribution in [0.5, 0.6) is 0 Å². The second kappa shape index (κ2) is 7.80. The summed E-state index contributed by atoms with van der Waals surface area (Å²) < 4.78 is 0. The number of hydrogen-bond acceptors (Lipinski definition) is 6. The van der Waals surface area contributed by atoms with Crippen LogP contribution in [-0.2, 0) is 17.8 Å². The summed E-state index contributed by atoms with van der Waals surface area (Å²) >= 11 is 12.0. The molecule has 0 saturated heterocycles. The summed E-state index contributed by atoms with van der Waals surface area (Å²) in [5.74, 6) is 0.594. The summed E-state index contributed by atoms with van der Waals surface area (Å²) in [6.07, 6.45) is 4.89. The van der Waals surface area contributed by atoms with Gasteiger partial charge in [-0.3, -0.25) is 14.7 Å². The lowest BCUT2D eigenvalue weighted by atomic mass is 10.1. The van der Waals surface area contributed by atoms with E-state index >= 15 is 0 Å². The summed E-state index contributed by atoms with van der Waals surface area (Å²) in [5, 5.41) is 10.2. The Hall–Kier alpha value is -2.22.